The molecule has 0 radical (unpaired) electrons. The lowest BCUT2D eigenvalue weighted by molar-refractivity contribution is 0.184. The van der Waals surface area contributed by atoms with Crippen LogP contribution in [-0.4, -0.2) is 19.5 Å². The van der Waals surface area contributed by atoms with Crippen molar-refractivity contribution >= 4 is 21.8 Å². The smallest absolute Gasteiger partial charge is 0.164 e. The molecular weight excluding hydrogens is 837 g/mol. The van der Waals surface area contributed by atoms with Crippen LogP contribution in [0.25, 0.3) is 83.9 Å². The minimum Gasteiger partial charge on any atom is -0.309 e. The molecule has 10 aromatic rings. The molecule has 2 aromatic heterocycles. The summed E-state index contributed by atoms with van der Waals surface area (Å²) < 4.78 is 2.37. The van der Waals surface area contributed by atoms with Gasteiger partial charge in [0.05, 0.1) is 16.4 Å². The van der Waals surface area contributed by atoms with Crippen molar-refractivity contribution in [2.75, 3.05) is 0 Å². The predicted octanol–water partition coefficient (Wildman–Crippen LogP) is 16.0. The molecule has 1 spiro atoms. The van der Waals surface area contributed by atoms with E-state index in [1.807, 2.05) is 0 Å². The molecule has 8 aromatic carbocycles. The lowest BCUT2D eigenvalue weighted by Crippen LogP contribution is -2.25. The molecule has 3 fully saturated rings. The Morgan fingerprint density at radius 3 is 1.29 bits per heavy atom. The van der Waals surface area contributed by atoms with E-state index < -0.39 is 5.41 Å². The minimum atomic E-state index is -0.457. The number of aromatic nitrogens is 4. The maximum atomic E-state index is 5.44. The van der Waals surface area contributed by atoms with E-state index in [9.17, 15) is 0 Å². The number of benzene rings is 8. The van der Waals surface area contributed by atoms with Gasteiger partial charge in [-0.15, -0.1) is 0 Å². The van der Waals surface area contributed by atoms with Crippen LogP contribution in [0.4, 0.5) is 0 Å². The van der Waals surface area contributed by atoms with Crippen molar-refractivity contribution in [2.45, 2.75) is 62.7 Å². The topological polar surface area (TPSA) is 43.6 Å². The standard InChI is InChI=1S/C65H52N4/c1-3-22-53-45(15-1)46-16-2-4-23-54(46)61(53)40-29-31-41(32-30-40)62-66-63(42-33-36-44(37-34-42)69-59-27-13-8-20-51(59)52-21-9-14-28-60(52)69)68-64(67-62)43-35-38-50-49-19-7-12-26-57(49)65(58(50)39-43)55-24-10-5-17-47(55)48-18-6-11-25-56(48)65/h5-14,17-21,24-39,45-46,53-54,61H,1-4,15-16,22-23H2. The minimum absolute atomic E-state index is 0.457. The summed E-state index contributed by atoms with van der Waals surface area (Å²) in [5, 5.41) is 2.51. The largest absolute Gasteiger partial charge is 0.309 e. The lowest BCUT2D eigenvalue weighted by Gasteiger charge is -2.32. The summed E-state index contributed by atoms with van der Waals surface area (Å²) in [4.78, 5) is 16.2. The van der Waals surface area contributed by atoms with E-state index >= 15 is 0 Å². The predicted molar refractivity (Wildman–Crippen MR) is 280 cm³/mol. The number of fused-ring (bicyclic) bond motifs is 16. The second kappa shape index (κ2) is 15.3. The molecule has 5 aliphatic rings. The van der Waals surface area contributed by atoms with Gasteiger partial charge in [0.25, 0.3) is 0 Å². The highest BCUT2D eigenvalue weighted by molar-refractivity contribution is 6.09. The zero-order valence-corrected chi connectivity index (χ0v) is 38.7. The Morgan fingerprint density at radius 1 is 0.362 bits per heavy atom. The van der Waals surface area contributed by atoms with E-state index in [2.05, 4.69) is 193 Å². The molecule has 4 atom stereocenters. The molecule has 0 bridgehead atoms. The molecule has 2 heterocycles. The summed E-state index contributed by atoms with van der Waals surface area (Å²) in [6.45, 7) is 0. The molecule has 0 N–H and O–H groups in total. The number of nitrogens with zero attached hydrogens (tertiary/aromatic N) is 4. The van der Waals surface area contributed by atoms with Crippen LogP contribution in [0.1, 0.15) is 85.1 Å². The molecule has 0 saturated heterocycles. The Labute approximate surface area is 403 Å². The maximum Gasteiger partial charge on any atom is 0.164 e. The van der Waals surface area contributed by atoms with E-state index in [1.165, 1.54) is 123 Å². The Kier molecular flexibility index (Phi) is 8.76. The van der Waals surface area contributed by atoms with Crippen molar-refractivity contribution < 1.29 is 0 Å². The van der Waals surface area contributed by atoms with Crippen LogP contribution in [0.3, 0.4) is 0 Å². The molecular formula is C65H52N4. The number of hydrogen-bond donors (Lipinski definition) is 0. The molecule has 4 nitrogen and oxygen atoms in total. The van der Waals surface area contributed by atoms with E-state index in [-0.39, 0.29) is 0 Å². The van der Waals surface area contributed by atoms with Crippen molar-refractivity contribution in [1.82, 2.24) is 19.5 Å². The Hall–Kier alpha value is -7.43. The second-order valence-electron chi connectivity index (χ2n) is 20.7. The van der Waals surface area contributed by atoms with Crippen molar-refractivity contribution in [3.05, 3.63) is 216 Å². The molecule has 0 amide bonds. The zero-order valence-electron chi connectivity index (χ0n) is 38.7. The average Bonchev–Trinajstić information content (AvgIpc) is 4.13. The van der Waals surface area contributed by atoms with Crippen LogP contribution >= 0.6 is 0 Å². The first-order valence-electron chi connectivity index (χ1n) is 25.6. The van der Waals surface area contributed by atoms with Crippen LogP contribution in [0.5, 0.6) is 0 Å². The normalized spacial score (nSPS) is 21.4. The number of rotatable bonds is 5. The summed E-state index contributed by atoms with van der Waals surface area (Å²) in [6.07, 6.45) is 11.3. The highest BCUT2D eigenvalue weighted by Crippen LogP contribution is 2.64. The third-order valence-corrected chi connectivity index (χ3v) is 17.6. The Balaban J connectivity index is 0.884. The molecule has 4 heteroatoms. The summed E-state index contributed by atoms with van der Waals surface area (Å²) in [5.74, 6) is 6.21. The van der Waals surface area contributed by atoms with Gasteiger partial charge < -0.3 is 4.57 Å². The molecule has 0 aliphatic heterocycles. The van der Waals surface area contributed by atoms with Gasteiger partial charge >= 0.3 is 0 Å². The van der Waals surface area contributed by atoms with Gasteiger partial charge in [-0.25, -0.2) is 15.0 Å². The zero-order chi connectivity index (χ0) is 45.2. The first kappa shape index (κ1) is 39.6. The highest BCUT2D eigenvalue weighted by Gasteiger charge is 2.53. The van der Waals surface area contributed by atoms with Gasteiger partial charge in [-0.05, 0) is 148 Å². The summed E-state index contributed by atoms with van der Waals surface area (Å²) in [7, 11) is 0. The van der Waals surface area contributed by atoms with Crippen LogP contribution in [0.15, 0.2) is 188 Å². The molecule has 332 valence electrons. The molecule has 3 saturated carbocycles. The average molecular weight is 889 g/mol. The monoisotopic (exact) mass is 888 g/mol. The first-order chi connectivity index (χ1) is 34.2. The second-order valence-corrected chi connectivity index (χ2v) is 20.7. The van der Waals surface area contributed by atoms with Crippen molar-refractivity contribution in [3.8, 4) is 62.1 Å². The van der Waals surface area contributed by atoms with Gasteiger partial charge in [0, 0.05) is 33.2 Å². The molecule has 5 aliphatic carbocycles. The third kappa shape index (κ3) is 5.72. The quantitative estimate of drug-likeness (QED) is 0.173. The Bertz CT molecular complexity index is 3540. The van der Waals surface area contributed by atoms with Crippen LogP contribution in [-0.2, 0) is 5.41 Å². The van der Waals surface area contributed by atoms with Crippen LogP contribution in [0, 0.1) is 23.7 Å². The van der Waals surface area contributed by atoms with Crippen LogP contribution < -0.4 is 0 Å². The van der Waals surface area contributed by atoms with E-state index in [0.717, 1.165) is 46.0 Å². The molecule has 15 rings (SSSR count). The fourth-order valence-corrected chi connectivity index (χ4v) is 15.0. The van der Waals surface area contributed by atoms with Gasteiger partial charge in [0.15, 0.2) is 17.5 Å². The molecule has 69 heavy (non-hydrogen) atoms. The fraction of sp³-hybridized carbons (Fsp3) is 0.215. The summed E-state index contributed by atoms with van der Waals surface area (Å²) in [5.41, 5.74) is 18.0. The van der Waals surface area contributed by atoms with Gasteiger partial charge in [-0.2, -0.15) is 0 Å². The van der Waals surface area contributed by atoms with Crippen molar-refractivity contribution in [2.24, 2.45) is 23.7 Å². The number of para-hydroxylation sites is 2. The Morgan fingerprint density at radius 2 is 0.768 bits per heavy atom. The van der Waals surface area contributed by atoms with Crippen LogP contribution in [0.2, 0.25) is 0 Å². The van der Waals surface area contributed by atoms with Crippen molar-refractivity contribution in [1.29, 1.82) is 0 Å². The van der Waals surface area contributed by atoms with Gasteiger partial charge in [0.2, 0.25) is 0 Å². The summed E-state index contributed by atoms with van der Waals surface area (Å²) >= 11 is 0. The van der Waals surface area contributed by atoms with E-state index in [0.29, 0.717) is 23.4 Å². The van der Waals surface area contributed by atoms with E-state index in [4.69, 9.17) is 15.0 Å². The van der Waals surface area contributed by atoms with Gasteiger partial charge in [-0.1, -0.05) is 171 Å². The number of hydrogen-bond acceptors (Lipinski definition) is 3. The van der Waals surface area contributed by atoms with E-state index in [1.54, 1.807) is 0 Å². The van der Waals surface area contributed by atoms with Crippen molar-refractivity contribution in [3.63, 3.8) is 0 Å². The van der Waals surface area contributed by atoms with Gasteiger partial charge in [-0.3, -0.25) is 0 Å². The lowest BCUT2D eigenvalue weighted by atomic mass is 9.70. The van der Waals surface area contributed by atoms with Gasteiger partial charge in [0.1, 0.15) is 0 Å². The highest BCUT2D eigenvalue weighted by atomic mass is 15.0. The third-order valence-electron chi connectivity index (χ3n) is 17.6. The molecule has 4 unspecified atom stereocenters. The maximum absolute atomic E-state index is 5.44. The first-order valence-corrected chi connectivity index (χ1v) is 25.6. The SMILES string of the molecule is c1ccc2c(c1)-c1ccccc1C21c2ccccc2-c2ccc(-c3nc(-c4ccc(C5C6CCCCC6C6CCCCC65)cc4)nc(-c4ccc(-n5c6ccccc6c6ccccc65)cc4)n3)cc21. The summed E-state index contributed by atoms with van der Waals surface area (Å²) in [6, 6.07) is 69.7. The fourth-order valence-electron chi connectivity index (χ4n) is 15.0.